The van der Waals surface area contributed by atoms with Crippen molar-refractivity contribution in [1.82, 2.24) is 10.2 Å². The molecule has 0 aliphatic carbocycles. The van der Waals surface area contributed by atoms with Gasteiger partial charge in [-0.05, 0) is 34.5 Å². The molecule has 2 aromatic rings. The Kier molecular flexibility index (Phi) is 3.81. The van der Waals surface area contributed by atoms with E-state index in [0.29, 0.717) is 25.5 Å². The van der Waals surface area contributed by atoms with Crippen molar-refractivity contribution in [3.8, 4) is 0 Å². The summed E-state index contributed by atoms with van der Waals surface area (Å²) in [6.45, 7) is 1.64. The van der Waals surface area contributed by atoms with Gasteiger partial charge < -0.3 is 9.64 Å². The summed E-state index contributed by atoms with van der Waals surface area (Å²) in [4.78, 5) is 1.89. The Bertz CT molecular complexity index is 586. The minimum atomic E-state index is -4.46. The van der Waals surface area contributed by atoms with Crippen molar-refractivity contribution in [2.24, 2.45) is 0 Å². The SMILES string of the molecule is FC(F)(F)c1ccc(N2CCOC(c3ccsc3)C2)nn1. The smallest absolute Gasteiger partial charge is 0.370 e. The highest BCUT2D eigenvalue weighted by Crippen LogP contribution is 2.29. The average Bonchev–Trinajstić information content (AvgIpc) is 3.01. The van der Waals surface area contributed by atoms with Gasteiger partial charge in [-0.25, -0.2) is 0 Å². The molecule has 0 radical (unpaired) electrons. The van der Waals surface area contributed by atoms with E-state index in [0.717, 1.165) is 11.6 Å². The molecule has 1 fully saturated rings. The zero-order chi connectivity index (χ0) is 14.9. The first-order valence-corrected chi connectivity index (χ1v) is 7.28. The monoisotopic (exact) mass is 315 g/mol. The standard InChI is InChI=1S/C13H12F3N3OS/c14-13(15,16)11-1-2-12(18-17-11)19-4-5-20-10(7-19)9-3-6-21-8-9/h1-3,6,8,10H,4-5,7H2. The summed E-state index contributed by atoms with van der Waals surface area (Å²) in [6, 6.07) is 4.29. The Morgan fingerprint density at radius 2 is 2.10 bits per heavy atom. The maximum Gasteiger partial charge on any atom is 0.435 e. The average molecular weight is 315 g/mol. The van der Waals surface area contributed by atoms with Crippen LogP contribution < -0.4 is 4.90 Å². The first-order valence-electron chi connectivity index (χ1n) is 6.33. The molecule has 1 atom stereocenters. The molecule has 1 saturated heterocycles. The maximum absolute atomic E-state index is 12.5. The van der Waals surface area contributed by atoms with E-state index in [9.17, 15) is 13.2 Å². The van der Waals surface area contributed by atoms with Crippen molar-refractivity contribution in [3.63, 3.8) is 0 Å². The third-order valence-corrected chi connectivity index (χ3v) is 3.95. The molecular weight excluding hydrogens is 303 g/mol. The first-order chi connectivity index (χ1) is 10.0. The van der Waals surface area contributed by atoms with Crippen LogP contribution in [0.15, 0.2) is 29.0 Å². The lowest BCUT2D eigenvalue weighted by Crippen LogP contribution is -2.38. The van der Waals surface area contributed by atoms with E-state index in [1.165, 1.54) is 6.07 Å². The zero-order valence-corrected chi connectivity index (χ0v) is 11.7. The van der Waals surface area contributed by atoms with Crippen molar-refractivity contribution >= 4 is 17.2 Å². The van der Waals surface area contributed by atoms with Gasteiger partial charge in [0.1, 0.15) is 6.10 Å². The molecule has 0 N–H and O–H groups in total. The van der Waals surface area contributed by atoms with Crippen LogP contribution in [-0.4, -0.2) is 29.9 Å². The molecule has 0 saturated carbocycles. The van der Waals surface area contributed by atoms with Gasteiger partial charge in [0.15, 0.2) is 11.5 Å². The van der Waals surface area contributed by atoms with E-state index in [1.54, 1.807) is 11.3 Å². The van der Waals surface area contributed by atoms with Gasteiger partial charge in [0.2, 0.25) is 0 Å². The molecule has 0 amide bonds. The molecule has 0 bridgehead atoms. The summed E-state index contributed by atoms with van der Waals surface area (Å²) in [5.74, 6) is 0.437. The Morgan fingerprint density at radius 1 is 1.24 bits per heavy atom. The fourth-order valence-electron chi connectivity index (χ4n) is 2.16. The van der Waals surface area contributed by atoms with Crippen LogP contribution in [0.1, 0.15) is 17.4 Å². The quantitative estimate of drug-likeness (QED) is 0.853. The van der Waals surface area contributed by atoms with Gasteiger partial charge in [-0.2, -0.15) is 24.5 Å². The summed E-state index contributed by atoms with van der Waals surface area (Å²) in [6.07, 6.45) is -4.55. The molecule has 21 heavy (non-hydrogen) atoms. The zero-order valence-electron chi connectivity index (χ0n) is 10.9. The Hall–Kier alpha value is -1.67. The van der Waals surface area contributed by atoms with E-state index in [-0.39, 0.29) is 6.10 Å². The number of anilines is 1. The largest absolute Gasteiger partial charge is 0.435 e. The molecule has 0 aromatic carbocycles. The fourth-order valence-corrected chi connectivity index (χ4v) is 2.86. The van der Waals surface area contributed by atoms with Crippen LogP contribution in [0.3, 0.4) is 0 Å². The van der Waals surface area contributed by atoms with Gasteiger partial charge in [0.25, 0.3) is 0 Å². The number of ether oxygens (including phenoxy) is 1. The normalized spacial score (nSPS) is 19.8. The van der Waals surface area contributed by atoms with E-state index < -0.39 is 11.9 Å². The number of hydrogen-bond donors (Lipinski definition) is 0. The van der Waals surface area contributed by atoms with Gasteiger partial charge >= 0.3 is 6.18 Å². The number of morpholine rings is 1. The molecule has 3 rings (SSSR count). The minimum absolute atomic E-state index is 0.0888. The van der Waals surface area contributed by atoms with Gasteiger partial charge in [-0.15, -0.1) is 10.2 Å². The lowest BCUT2D eigenvalue weighted by atomic mass is 10.1. The van der Waals surface area contributed by atoms with Crippen LogP contribution in [0.5, 0.6) is 0 Å². The molecule has 0 spiro atoms. The predicted molar refractivity (Wildman–Crippen MR) is 72.3 cm³/mol. The summed E-state index contributed by atoms with van der Waals surface area (Å²) >= 11 is 1.58. The van der Waals surface area contributed by atoms with Gasteiger partial charge in [-0.3, -0.25) is 0 Å². The van der Waals surface area contributed by atoms with E-state index in [2.05, 4.69) is 10.2 Å². The lowest BCUT2D eigenvalue weighted by Gasteiger charge is -2.33. The van der Waals surface area contributed by atoms with Crippen LogP contribution in [0.4, 0.5) is 19.0 Å². The van der Waals surface area contributed by atoms with Crippen LogP contribution >= 0.6 is 11.3 Å². The van der Waals surface area contributed by atoms with E-state index in [1.807, 2.05) is 21.7 Å². The highest BCUT2D eigenvalue weighted by atomic mass is 32.1. The fraction of sp³-hybridized carbons (Fsp3) is 0.385. The van der Waals surface area contributed by atoms with Gasteiger partial charge in [0, 0.05) is 13.1 Å². The number of halogens is 3. The summed E-state index contributed by atoms with van der Waals surface area (Å²) in [7, 11) is 0. The van der Waals surface area contributed by atoms with Crippen molar-refractivity contribution < 1.29 is 17.9 Å². The summed E-state index contributed by atoms with van der Waals surface area (Å²) < 4.78 is 43.1. The molecular formula is C13H12F3N3OS. The highest BCUT2D eigenvalue weighted by molar-refractivity contribution is 7.07. The van der Waals surface area contributed by atoms with Crippen LogP contribution in [0.2, 0.25) is 0 Å². The van der Waals surface area contributed by atoms with Crippen LogP contribution in [0.25, 0.3) is 0 Å². The molecule has 2 aromatic heterocycles. The third-order valence-electron chi connectivity index (χ3n) is 3.25. The molecule has 1 unspecified atom stereocenters. The Morgan fingerprint density at radius 3 is 2.71 bits per heavy atom. The van der Waals surface area contributed by atoms with Gasteiger partial charge in [-0.1, -0.05) is 0 Å². The molecule has 1 aliphatic rings. The van der Waals surface area contributed by atoms with Crippen LogP contribution in [0, 0.1) is 0 Å². The highest BCUT2D eigenvalue weighted by Gasteiger charge is 2.33. The Balaban J connectivity index is 1.74. The van der Waals surface area contributed by atoms with Crippen molar-refractivity contribution in [1.29, 1.82) is 0 Å². The topological polar surface area (TPSA) is 38.2 Å². The number of alkyl halides is 3. The second-order valence-electron chi connectivity index (χ2n) is 4.64. The van der Waals surface area contributed by atoms with Crippen molar-refractivity contribution in [2.45, 2.75) is 12.3 Å². The second kappa shape index (κ2) is 5.61. The summed E-state index contributed by atoms with van der Waals surface area (Å²) in [5.41, 5.74) is 0.0958. The number of rotatable bonds is 2. The molecule has 1 aliphatic heterocycles. The second-order valence-corrected chi connectivity index (χ2v) is 5.42. The van der Waals surface area contributed by atoms with Crippen molar-refractivity contribution in [2.75, 3.05) is 24.6 Å². The Labute approximate surface area is 123 Å². The van der Waals surface area contributed by atoms with Gasteiger partial charge in [0.05, 0.1) is 6.61 Å². The predicted octanol–water partition coefficient (Wildman–Crippen LogP) is 3.13. The number of thiophene rings is 1. The molecule has 3 heterocycles. The van der Waals surface area contributed by atoms with Crippen LogP contribution in [-0.2, 0) is 10.9 Å². The first kappa shape index (κ1) is 14.3. The number of hydrogen-bond acceptors (Lipinski definition) is 5. The maximum atomic E-state index is 12.5. The number of nitrogens with zero attached hydrogens (tertiary/aromatic N) is 3. The van der Waals surface area contributed by atoms with E-state index in [4.69, 9.17) is 4.74 Å². The minimum Gasteiger partial charge on any atom is -0.370 e. The van der Waals surface area contributed by atoms with Crippen molar-refractivity contribution in [3.05, 3.63) is 40.2 Å². The molecule has 8 heteroatoms. The summed E-state index contributed by atoms with van der Waals surface area (Å²) in [5, 5.41) is 10.9. The molecule has 112 valence electrons. The lowest BCUT2D eigenvalue weighted by molar-refractivity contribution is -0.141. The third kappa shape index (κ3) is 3.16. The van der Waals surface area contributed by atoms with E-state index >= 15 is 0 Å². The number of aromatic nitrogens is 2. The molecule has 4 nitrogen and oxygen atoms in total.